The first kappa shape index (κ1) is 36.0. The second-order valence-corrected chi connectivity index (χ2v) is 15.5. The lowest BCUT2D eigenvalue weighted by molar-refractivity contribution is -0.138. The van der Waals surface area contributed by atoms with Crippen LogP contribution in [0.1, 0.15) is 62.1 Å². The van der Waals surface area contributed by atoms with E-state index >= 15 is 22.0 Å². The Hall–Kier alpha value is -5.01. The summed E-state index contributed by atoms with van der Waals surface area (Å²) < 4.78 is 90.2. The Labute approximate surface area is 311 Å². The molecule has 54 heavy (non-hydrogen) atoms. The quantitative estimate of drug-likeness (QED) is 0.163. The molecule has 282 valence electrons. The van der Waals surface area contributed by atoms with Gasteiger partial charge in [0.2, 0.25) is 0 Å². The number of fused-ring (bicyclic) bond motifs is 2. The van der Waals surface area contributed by atoms with Crippen LogP contribution in [0.4, 0.5) is 38.6 Å². The normalized spacial score (nSPS) is 17.8. The van der Waals surface area contributed by atoms with Crippen molar-refractivity contribution in [2.24, 2.45) is 5.92 Å². The van der Waals surface area contributed by atoms with Crippen molar-refractivity contribution in [3.05, 3.63) is 58.8 Å². The van der Waals surface area contributed by atoms with Crippen LogP contribution in [0, 0.1) is 28.9 Å². The molecule has 2 aromatic carbocycles. The van der Waals surface area contributed by atoms with Gasteiger partial charge in [-0.25, -0.2) is 13.8 Å². The van der Waals surface area contributed by atoms with Crippen molar-refractivity contribution in [3.8, 4) is 29.0 Å². The smallest absolute Gasteiger partial charge is 0.420 e. The highest BCUT2D eigenvalue weighted by atomic mass is 32.1. The number of ether oxygens (including phenoxy) is 2. The highest BCUT2D eigenvalue weighted by Crippen LogP contribution is 2.53. The van der Waals surface area contributed by atoms with Crippen molar-refractivity contribution in [2.75, 3.05) is 49.2 Å². The van der Waals surface area contributed by atoms with Gasteiger partial charge >= 0.3 is 12.2 Å². The average Bonchev–Trinajstić information content (AvgIpc) is 3.55. The van der Waals surface area contributed by atoms with Crippen molar-refractivity contribution < 1.29 is 31.4 Å². The molecule has 6 heterocycles. The molecule has 0 radical (unpaired) electrons. The van der Waals surface area contributed by atoms with Gasteiger partial charge < -0.3 is 25.8 Å². The summed E-state index contributed by atoms with van der Waals surface area (Å²) in [6.07, 6.45) is 3.10. The maximum atomic E-state index is 17.3. The first-order valence-corrected chi connectivity index (χ1v) is 18.7. The van der Waals surface area contributed by atoms with E-state index in [9.17, 15) is 5.26 Å². The highest BCUT2D eigenvalue weighted by molar-refractivity contribution is 7.23. The predicted molar refractivity (Wildman–Crippen MR) is 196 cm³/mol. The van der Waals surface area contributed by atoms with Crippen molar-refractivity contribution >= 4 is 49.0 Å². The number of hydrogen-bond donors (Lipinski definition) is 2. The molecule has 4 aliphatic rings. The maximum absolute atomic E-state index is 17.3. The molecule has 5 aromatic rings. The van der Waals surface area contributed by atoms with Crippen LogP contribution in [0.25, 0.3) is 32.1 Å². The molecule has 9 rings (SSSR count). The van der Waals surface area contributed by atoms with Gasteiger partial charge in [-0.2, -0.15) is 28.4 Å². The van der Waals surface area contributed by atoms with E-state index in [-0.39, 0.29) is 81.1 Å². The van der Waals surface area contributed by atoms with Gasteiger partial charge in [0.15, 0.2) is 5.82 Å². The largest absolute Gasteiger partial charge is 0.490 e. The molecule has 0 amide bonds. The molecule has 0 spiro atoms. The number of nitrogens with two attached hydrogens (primary N) is 2. The average molecular weight is 765 g/mol. The number of thiophene rings is 1. The molecule has 1 saturated carbocycles. The van der Waals surface area contributed by atoms with E-state index in [0.717, 1.165) is 56.8 Å². The zero-order chi connectivity index (χ0) is 37.9. The predicted octanol–water partition coefficient (Wildman–Crippen LogP) is 8.06. The number of aromatic nitrogens is 3. The number of hydrogen-bond acceptors (Lipinski definition) is 11. The number of nitrogen functional groups attached to an aromatic ring is 2. The lowest BCUT2D eigenvalue weighted by atomic mass is 9.91. The second-order valence-electron chi connectivity index (χ2n) is 14.4. The fourth-order valence-electron chi connectivity index (χ4n) is 7.87. The number of benzene rings is 2. The van der Waals surface area contributed by atoms with E-state index in [0.29, 0.717) is 16.9 Å². The number of nitriles is 1. The summed E-state index contributed by atoms with van der Waals surface area (Å²) in [5.74, 6) is -1.61. The molecule has 4 N–H and O–H groups in total. The Morgan fingerprint density at radius 1 is 1.07 bits per heavy atom. The van der Waals surface area contributed by atoms with Crippen LogP contribution >= 0.6 is 11.3 Å². The van der Waals surface area contributed by atoms with Gasteiger partial charge in [0.25, 0.3) is 0 Å². The Bertz CT molecular complexity index is 2310. The molecule has 3 aliphatic heterocycles. The van der Waals surface area contributed by atoms with Gasteiger partial charge in [-0.05, 0) is 62.4 Å². The van der Waals surface area contributed by atoms with Crippen molar-refractivity contribution in [2.45, 2.75) is 63.7 Å². The Kier molecular flexibility index (Phi) is 9.12. The van der Waals surface area contributed by atoms with E-state index in [1.807, 2.05) is 6.07 Å². The van der Waals surface area contributed by atoms with Crippen molar-refractivity contribution in [1.82, 2.24) is 19.9 Å². The second kappa shape index (κ2) is 13.7. The molecule has 2 saturated heterocycles. The first-order valence-electron chi connectivity index (χ1n) is 17.9. The first-order chi connectivity index (χ1) is 25.9. The van der Waals surface area contributed by atoms with E-state index in [4.69, 9.17) is 20.9 Å². The molecule has 3 aromatic heterocycles. The number of halogens is 5. The zero-order valence-corrected chi connectivity index (χ0v) is 30.2. The van der Waals surface area contributed by atoms with Crippen LogP contribution in [0.15, 0.2) is 30.5 Å². The van der Waals surface area contributed by atoms with Crippen LogP contribution in [0.5, 0.6) is 11.8 Å². The fourth-order valence-corrected chi connectivity index (χ4v) is 8.82. The topological polar surface area (TPSA) is 139 Å². The summed E-state index contributed by atoms with van der Waals surface area (Å²) in [4.78, 5) is 17.2. The molecule has 0 bridgehead atoms. The van der Waals surface area contributed by atoms with Crippen LogP contribution in [0.2, 0.25) is 0 Å². The fraction of sp³-hybridized carbons (Fsp3) is 0.421. The summed E-state index contributed by atoms with van der Waals surface area (Å²) in [7, 11) is 0. The zero-order valence-electron chi connectivity index (χ0n) is 29.4. The molecule has 1 aliphatic carbocycles. The maximum Gasteiger partial charge on any atom is 0.420 e. The summed E-state index contributed by atoms with van der Waals surface area (Å²) in [6.45, 7) is 4.20. The van der Waals surface area contributed by atoms with Crippen LogP contribution in [-0.4, -0.2) is 58.2 Å². The van der Waals surface area contributed by atoms with E-state index < -0.39 is 40.2 Å². The Morgan fingerprint density at radius 2 is 1.81 bits per heavy atom. The molecule has 16 heteroatoms. The van der Waals surface area contributed by atoms with Crippen molar-refractivity contribution in [1.29, 1.82) is 5.26 Å². The van der Waals surface area contributed by atoms with Gasteiger partial charge in [-0.3, -0.25) is 4.90 Å². The minimum atomic E-state index is -5.18. The third kappa shape index (κ3) is 6.26. The minimum Gasteiger partial charge on any atom is -0.490 e. The summed E-state index contributed by atoms with van der Waals surface area (Å²) in [5, 5.41) is 9.24. The molecule has 0 unspecified atom stereocenters. The number of alkyl halides is 3. The lowest BCUT2D eigenvalue weighted by Gasteiger charge is -2.31. The SMILES string of the molecule is CC1CC1.N#Cc1c(N)sc2c(F)ccc(-c3c(C(F)(F)F)c4c5c(nc(OCC67CCCN6CCC7)nc5c3F)N(Cc3cccnc3N)CCO4)c12. The number of nitrogens with zero attached hydrogens (tertiary/aromatic N) is 6. The van der Waals surface area contributed by atoms with E-state index in [1.165, 1.54) is 19.0 Å². The Morgan fingerprint density at radius 3 is 2.48 bits per heavy atom. The van der Waals surface area contributed by atoms with Gasteiger partial charge in [0, 0.05) is 29.3 Å². The van der Waals surface area contributed by atoms with Crippen LogP contribution in [-0.2, 0) is 12.7 Å². The van der Waals surface area contributed by atoms with Gasteiger partial charge in [-0.1, -0.05) is 31.9 Å². The molecule has 0 atom stereocenters. The third-order valence-electron chi connectivity index (χ3n) is 10.8. The summed E-state index contributed by atoms with van der Waals surface area (Å²) in [5.41, 5.74) is 8.95. The monoisotopic (exact) mass is 764 g/mol. The standard InChI is InChI=1S/C34H29F5N8O2S.C4H8/c35-20-6-5-18(21-19(14-40)30(42)50-28(20)21)22-24(34(37,38)39)27-23-26(25(22)36)44-32(49-16-33-7-2-10-47(33)11-3-8-33)45-31(23)46(12-13-48-27)15-17-4-1-9-43-29(17)41;1-4-2-3-4/h1,4-6,9H,2-3,7-8,10-13,15-16,42H2,(H2,41,43);4H,2-3H2,1H3. The van der Waals surface area contributed by atoms with Gasteiger partial charge in [0.1, 0.15) is 58.6 Å². The van der Waals surface area contributed by atoms with E-state index in [1.54, 1.807) is 17.0 Å². The number of pyridine rings is 1. The van der Waals surface area contributed by atoms with E-state index in [2.05, 4.69) is 26.8 Å². The third-order valence-corrected chi connectivity index (χ3v) is 11.9. The molecular formula is C38H37F5N8O2S. The summed E-state index contributed by atoms with van der Waals surface area (Å²) >= 11 is 0.693. The highest BCUT2D eigenvalue weighted by Gasteiger charge is 2.46. The number of anilines is 3. The molecule has 3 fully saturated rings. The molecule has 10 nitrogen and oxygen atoms in total. The molecular weight excluding hydrogens is 728 g/mol. The van der Waals surface area contributed by atoms with Crippen molar-refractivity contribution in [3.63, 3.8) is 0 Å². The van der Waals surface area contributed by atoms with Gasteiger partial charge in [-0.15, -0.1) is 11.3 Å². The van der Waals surface area contributed by atoms with Crippen LogP contribution < -0.4 is 25.8 Å². The minimum absolute atomic E-state index is 0.0364. The number of rotatable bonds is 6. The Balaban J connectivity index is 0.000000971. The van der Waals surface area contributed by atoms with Gasteiger partial charge in [0.05, 0.1) is 27.7 Å². The summed E-state index contributed by atoms with van der Waals surface area (Å²) in [6, 6.07) is 6.96. The van der Waals surface area contributed by atoms with Crippen LogP contribution in [0.3, 0.4) is 0 Å². The lowest BCUT2D eigenvalue weighted by Crippen LogP contribution is -2.43.